The van der Waals surface area contributed by atoms with Gasteiger partial charge in [-0.1, -0.05) is 12.1 Å². The zero-order valence-corrected chi connectivity index (χ0v) is 13.4. The number of rotatable bonds is 7. The zero-order valence-electron chi connectivity index (χ0n) is 13.4. The number of aliphatic hydroxyl groups is 1. The number of hydrogen-bond donors (Lipinski definition) is 2. The van der Waals surface area contributed by atoms with Crippen LogP contribution < -0.4 is 10.1 Å². The standard InChI is InChI=1S/C17H27NO3/c1-13-8-15(9-14(2)16(13)20-3)10-18-11-17(4-6-19)5-7-21-12-17/h8-9,18-19H,4-7,10-12H2,1-3H3. The van der Waals surface area contributed by atoms with Crippen LogP contribution in [0.25, 0.3) is 0 Å². The largest absolute Gasteiger partial charge is 0.496 e. The molecule has 0 aliphatic carbocycles. The van der Waals surface area contributed by atoms with E-state index >= 15 is 0 Å². The number of aryl methyl sites for hydroxylation is 2. The molecule has 0 bridgehead atoms. The Balaban J connectivity index is 1.94. The summed E-state index contributed by atoms with van der Waals surface area (Å²) in [6, 6.07) is 4.34. The van der Waals surface area contributed by atoms with Crippen LogP contribution in [-0.2, 0) is 11.3 Å². The molecule has 0 saturated carbocycles. The molecule has 1 unspecified atom stereocenters. The maximum atomic E-state index is 9.24. The molecule has 4 nitrogen and oxygen atoms in total. The number of hydrogen-bond acceptors (Lipinski definition) is 4. The highest BCUT2D eigenvalue weighted by Crippen LogP contribution is 2.31. The lowest BCUT2D eigenvalue weighted by atomic mass is 9.84. The van der Waals surface area contributed by atoms with Crippen LogP contribution in [0.15, 0.2) is 12.1 Å². The Labute approximate surface area is 127 Å². The number of aliphatic hydroxyl groups excluding tert-OH is 1. The van der Waals surface area contributed by atoms with Crippen molar-refractivity contribution in [3.05, 3.63) is 28.8 Å². The van der Waals surface area contributed by atoms with Crippen LogP contribution in [0.3, 0.4) is 0 Å². The lowest BCUT2D eigenvalue weighted by Crippen LogP contribution is -2.35. The monoisotopic (exact) mass is 293 g/mol. The first-order chi connectivity index (χ1) is 10.1. The summed E-state index contributed by atoms with van der Waals surface area (Å²) in [5.74, 6) is 0.972. The minimum atomic E-state index is 0.102. The molecule has 118 valence electrons. The summed E-state index contributed by atoms with van der Waals surface area (Å²) < 4.78 is 10.9. The molecule has 1 aliphatic rings. The molecule has 1 fully saturated rings. The maximum Gasteiger partial charge on any atom is 0.124 e. The number of ether oxygens (including phenoxy) is 2. The number of methoxy groups -OCH3 is 1. The predicted octanol–water partition coefficient (Wildman–Crippen LogP) is 2.19. The third-order valence-corrected chi connectivity index (χ3v) is 4.38. The third kappa shape index (κ3) is 3.96. The van der Waals surface area contributed by atoms with E-state index in [0.717, 1.165) is 44.9 Å². The second-order valence-electron chi connectivity index (χ2n) is 6.14. The van der Waals surface area contributed by atoms with E-state index in [4.69, 9.17) is 9.47 Å². The van der Waals surface area contributed by atoms with Crippen LogP contribution in [0.5, 0.6) is 5.75 Å². The summed E-state index contributed by atoms with van der Waals surface area (Å²) in [4.78, 5) is 0. The Hall–Kier alpha value is -1.10. The van der Waals surface area contributed by atoms with Crippen molar-refractivity contribution in [3.8, 4) is 5.75 Å². The first-order valence-corrected chi connectivity index (χ1v) is 7.64. The zero-order chi connectivity index (χ0) is 15.3. The van der Waals surface area contributed by atoms with Gasteiger partial charge < -0.3 is 19.9 Å². The van der Waals surface area contributed by atoms with E-state index in [9.17, 15) is 5.11 Å². The lowest BCUT2D eigenvalue weighted by molar-refractivity contribution is 0.124. The Morgan fingerprint density at radius 3 is 2.57 bits per heavy atom. The molecule has 4 heteroatoms. The van der Waals surface area contributed by atoms with Crippen molar-refractivity contribution in [1.82, 2.24) is 5.32 Å². The van der Waals surface area contributed by atoms with Gasteiger partial charge in [0.05, 0.1) is 13.7 Å². The van der Waals surface area contributed by atoms with Crippen molar-refractivity contribution in [2.24, 2.45) is 5.41 Å². The van der Waals surface area contributed by atoms with Gasteiger partial charge in [0.25, 0.3) is 0 Å². The van der Waals surface area contributed by atoms with Crippen LogP contribution in [0.1, 0.15) is 29.5 Å². The van der Waals surface area contributed by atoms with Crippen molar-refractivity contribution in [2.75, 3.05) is 33.5 Å². The molecule has 2 rings (SSSR count). The highest BCUT2D eigenvalue weighted by molar-refractivity contribution is 5.43. The quantitative estimate of drug-likeness (QED) is 0.809. The van der Waals surface area contributed by atoms with Crippen LogP contribution in [0, 0.1) is 19.3 Å². The first kappa shape index (κ1) is 16.3. The summed E-state index contributed by atoms with van der Waals surface area (Å²) in [5.41, 5.74) is 3.71. The van der Waals surface area contributed by atoms with Crippen molar-refractivity contribution in [1.29, 1.82) is 0 Å². The lowest BCUT2D eigenvalue weighted by Gasteiger charge is -2.27. The normalized spacial score (nSPS) is 21.7. The van der Waals surface area contributed by atoms with E-state index in [0.29, 0.717) is 0 Å². The van der Waals surface area contributed by atoms with Gasteiger partial charge in [0.2, 0.25) is 0 Å². The Kier molecular flexibility index (Phi) is 5.62. The SMILES string of the molecule is COc1c(C)cc(CNCC2(CCO)CCOC2)cc1C. The Bertz CT molecular complexity index is 444. The van der Waals surface area contributed by atoms with E-state index in [2.05, 4.69) is 31.3 Å². The van der Waals surface area contributed by atoms with Gasteiger partial charge in [0.15, 0.2) is 0 Å². The van der Waals surface area contributed by atoms with Gasteiger partial charge >= 0.3 is 0 Å². The van der Waals surface area contributed by atoms with Crippen molar-refractivity contribution in [3.63, 3.8) is 0 Å². The molecule has 0 radical (unpaired) electrons. The predicted molar refractivity (Wildman–Crippen MR) is 83.7 cm³/mol. The highest BCUT2D eigenvalue weighted by atomic mass is 16.5. The molecule has 0 spiro atoms. The average Bonchev–Trinajstić information content (AvgIpc) is 2.88. The van der Waals surface area contributed by atoms with Gasteiger partial charge in [-0.05, 0) is 43.4 Å². The summed E-state index contributed by atoms with van der Waals surface area (Å²) in [6.07, 6.45) is 1.84. The van der Waals surface area contributed by atoms with Gasteiger partial charge in [0, 0.05) is 31.7 Å². The first-order valence-electron chi connectivity index (χ1n) is 7.64. The molecule has 2 N–H and O–H groups in total. The van der Waals surface area contributed by atoms with Gasteiger partial charge in [-0.25, -0.2) is 0 Å². The van der Waals surface area contributed by atoms with E-state index in [-0.39, 0.29) is 12.0 Å². The fraction of sp³-hybridized carbons (Fsp3) is 0.647. The molecule has 1 aliphatic heterocycles. The number of nitrogens with one attached hydrogen (secondary N) is 1. The van der Waals surface area contributed by atoms with E-state index < -0.39 is 0 Å². The minimum Gasteiger partial charge on any atom is -0.496 e. The van der Waals surface area contributed by atoms with Crippen LogP contribution in [0.4, 0.5) is 0 Å². The molecule has 1 saturated heterocycles. The molecule has 21 heavy (non-hydrogen) atoms. The topological polar surface area (TPSA) is 50.7 Å². The van der Waals surface area contributed by atoms with Crippen LogP contribution in [-0.4, -0.2) is 38.6 Å². The molecule has 1 heterocycles. The van der Waals surface area contributed by atoms with Gasteiger partial charge in [-0.15, -0.1) is 0 Å². The van der Waals surface area contributed by atoms with Gasteiger partial charge in [-0.3, -0.25) is 0 Å². The second kappa shape index (κ2) is 7.25. The molecule has 0 aromatic heterocycles. The molecule has 1 atom stereocenters. The fourth-order valence-electron chi connectivity index (χ4n) is 3.25. The molecule has 0 amide bonds. The van der Waals surface area contributed by atoms with Crippen LogP contribution >= 0.6 is 0 Å². The fourth-order valence-corrected chi connectivity index (χ4v) is 3.25. The van der Waals surface area contributed by atoms with Crippen molar-refractivity contribution in [2.45, 2.75) is 33.2 Å². The summed E-state index contributed by atoms with van der Waals surface area (Å²) >= 11 is 0. The smallest absolute Gasteiger partial charge is 0.124 e. The minimum absolute atomic E-state index is 0.102. The van der Waals surface area contributed by atoms with Crippen LogP contribution in [0.2, 0.25) is 0 Å². The second-order valence-corrected chi connectivity index (χ2v) is 6.14. The van der Waals surface area contributed by atoms with Crippen molar-refractivity contribution < 1.29 is 14.6 Å². The molecular formula is C17H27NO3. The third-order valence-electron chi connectivity index (χ3n) is 4.38. The average molecular weight is 293 g/mol. The highest BCUT2D eigenvalue weighted by Gasteiger charge is 2.33. The Morgan fingerprint density at radius 1 is 1.33 bits per heavy atom. The molecular weight excluding hydrogens is 266 g/mol. The summed E-state index contributed by atoms with van der Waals surface area (Å²) in [5, 5.41) is 12.8. The van der Waals surface area contributed by atoms with Crippen molar-refractivity contribution >= 4 is 0 Å². The summed E-state index contributed by atoms with van der Waals surface area (Å²) in [7, 11) is 1.71. The number of benzene rings is 1. The Morgan fingerprint density at radius 2 is 2.05 bits per heavy atom. The van der Waals surface area contributed by atoms with Gasteiger partial charge in [0.1, 0.15) is 5.75 Å². The molecule has 1 aromatic carbocycles. The molecule has 1 aromatic rings. The maximum absolute atomic E-state index is 9.24. The summed E-state index contributed by atoms with van der Waals surface area (Å²) in [6.45, 7) is 7.66. The van der Waals surface area contributed by atoms with E-state index in [1.165, 1.54) is 16.7 Å². The van der Waals surface area contributed by atoms with Gasteiger partial charge in [-0.2, -0.15) is 0 Å². The van der Waals surface area contributed by atoms with E-state index in [1.54, 1.807) is 7.11 Å². The van der Waals surface area contributed by atoms with E-state index in [1.807, 2.05) is 0 Å².